The highest BCUT2D eigenvalue weighted by Gasteiger charge is 2.01. The number of rotatable bonds is 0. The molecule has 0 spiro atoms. The molecule has 0 fully saturated rings. The van der Waals surface area contributed by atoms with Gasteiger partial charge < -0.3 is 11.5 Å². The second kappa shape index (κ2) is 3.92. The molecule has 1 rings (SSSR count). The molecule has 1 aromatic carbocycles. The average molecular weight is 178 g/mol. The van der Waals surface area contributed by atoms with Crippen LogP contribution in [0.3, 0.4) is 0 Å². The van der Waals surface area contributed by atoms with Crippen molar-refractivity contribution in [2.24, 2.45) is 5.73 Å². The third kappa shape index (κ3) is 2.20. The number of hydrogen-bond acceptors (Lipinski definition) is 2. The number of nitrogens with two attached hydrogens (primary N) is 2. The van der Waals surface area contributed by atoms with E-state index in [-0.39, 0.29) is 12.4 Å². The van der Waals surface area contributed by atoms with Gasteiger partial charge in [0.05, 0.1) is 6.54 Å². The maximum Gasteiger partial charge on any atom is 0.126 e. The van der Waals surface area contributed by atoms with Gasteiger partial charge >= 0.3 is 0 Å². The Labute approximate surface area is 76.7 Å². The summed E-state index contributed by atoms with van der Waals surface area (Å²) >= 11 is 0. The molecule has 0 aliphatic heterocycles. The van der Waals surface area contributed by atoms with Crippen molar-refractivity contribution in [2.75, 3.05) is 12.3 Å². The van der Waals surface area contributed by atoms with Crippen molar-refractivity contribution in [1.29, 1.82) is 0 Å². The zero-order chi connectivity index (χ0) is 9.84. The summed E-state index contributed by atoms with van der Waals surface area (Å²) in [5.74, 6) is 5.04. The fourth-order valence-electron chi connectivity index (χ4n) is 0.976. The predicted octanol–water partition coefficient (Wildman–Crippen LogP) is 1.03. The zero-order valence-corrected chi connectivity index (χ0v) is 7.39. The molecule has 0 heterocycles. The van der Waals surface area contributed by atoms with E-state index in [9.17, 15) is 4.39 Å². The van der Waals surface area contributed by atoms with Crippen LogP contribution in [-0.4, -0.2) is 6.54 Å². The van der Waals surface area contributed by atoms with Crippen LogP contribution in [-0.2, 0) is 0 Å². The van der Waals surface area contributed by atoms with Crippen LogP contribution in [0.25, 0.3) is 0 Å². The van der Waals surface area contributed by atoms with Crippen LogP contribution >= 0.6 is 0 Å². The summed E-state index contributed by atoms with van der Waals surface area (Å²) in [4.78, 5) is 0. The minimum atomic E-state index is -0.371. The van der Waals surface area contributed by atoms with Crippen molar-refractivity contribution in [3.8, 4) is 11.8 Å². The van der Waals surface area contributed by atoms with Crippen LogP contribution in [0.4, 0.5) is 10.1 Å². The molecule has 0 bridgehead atoms. The number of halogens is 1. The normalized spacial score (nSPS) is 9.15. The smallest absolute Gasteiger partial charge is 0.126 e. The van der Waals surface area contributed by atoms with Crippen molar-refractivity contribution in [3.63, 3.8) is 0 Å². The standard InChI is InChI=1S/C10H11FN2/c1-7-8(3-2-4-12)5-9(11)6-10(7)13/h5-6H,4,12-13H2,1H3. The van der Waals surface area contributed by atoms with Crippen LogP contribution in [0.5, 0.6) is 0 Å². The SMILES string of the molecule is Cc1c(N)cc(F)cc1C#CCN. The van der Waals surface area contributed by atoms with Gasteiger partial charge in [-0.25, -0.2) is 4.39 Å². The first-order valence-corrected chi connectivity index (χ1v) is 3.89. The van der Waals surface area contributed by atoms with E-state index >= 15 is 0 Å². The predicted molar refractivity (Wildman–Crippen MR) is 51.5 cm³/mol. The molecular formula is C10H11FN2. The van der Waals surface area contributed by atoms with Crippen molar-refractivity contribution in [1.82, 2.24) is 0 Å². The molecule has 0 aliphatic rings. The minimum absolute atomic E-state index is 0.260. The Morgan fingerprint density at radius 1 is 1.46 bits per heavy atom. The molecular weight excluding hydrogens is 167 g/mol. The van der Waals surface area contributed by atoms with Crippen LogP contribution in [0.2, 0.25) is 0 Å². The van der Waals surface area contributed by atoms with Crippen molar-refractivity contribution in [3.05, 3.63) is 29.1 Å². The Kier molecular flexibility index (Phi) is 2.88. The third-order valence-electron chi connectivity index (χ3n) is 1.74. The molecule has 0 atom stereocenters. The Hall–Kier alpha value is -1.53. The highest BCUT2D eigenvalue weighted by molar-refractivity contribution is 5.55. The molecule has 3 heteroatoms. The van der Waals surface area contributed by atoms with E-state index in [1.165, 1.54) is 12.1 Å². The molecule has 0 unspecified atom stereocenters. The molecule has 68 valence electrons. The van der Waals surface area contributed by atoms with Gasteiger partial charge in [0.1, 0.15) is 5.82 Å². The lowest BCUT2D eigenvalue weighted by Gasteiger charge is -2.02. The van der Waals surface area contributed by atoms with E-state index in [0.29, 0.717) is 11.3 Å². The lowest BCUT2D eigenvalue weighted by Crippen LogP contribution is -1.96. The third-order valence-corrected chi connectivity index (χ3v) is 1.74. The van der Waals surface area contributed by atoms with Gasteiger partial charge in [0.15, 0.2) is 0 Å². The summed E-state index contributed by atoms with van der Waals surface area (Å²) in [6.45, 7) is 2.06. The van der Waals surface area contributed by atoms with Gasteiger partial charge in [0.2, 0.25) is 0 Å². The molecule has 0 saturated carbocycles. The highest BCUT2D eigenvalue weighted by atomic mass is 19.1. The van der Waals surface area contributed by atoms with E-state index in [0.717, 1.165) is 5.56 Å². The summed E-state index contributed by atoms with van der Waals surface area (Å²) in [7, 11) is 0. The molecule has 0 aliphatic carbocycles. The second-order valence-corrected chi connectivity index (χ2v) is 2.67. The van der Waals surface area contributed by atoms with Crippen LogP contribution in [0.1, 0.15) is 11.1 Å². The minimum Gasteiger partial charge on any atom is -0.398 e. The maximum absolute atomic E-state index is 12.9. The Bertz CT molecular complexity index is 374. The number of benzene rings is 1. The number of nitrogen functional groups attached to an aromatic ring is 1. The zero-order valence-electron chi connectivity index (χ0n) is 7.39. The summed E-state index contributed by atoms with van der Waals surface area (Å²) in [5.41, 5.74) is 12.6. The van der Waals surface area contributed by atoms with Gasteiger partial charge in [-0.05, 0) is 24.6 Å². The average Bonchev–Trinajstić information content (AvgIpc) is 2.09. The van der Waals surface area contributed by atoms with E-state index < -0.39 is 0 Å². The lowest BCUT2D eigenvalue weighted by atomic mass is 10.1. The van der Waals surface area contributed by atoms with Gasteiger partial charge in [0.25, 0.3) is 0 Å². The fourth-order valence-corrected chi connectivity index (χ4v) is 0.976. The Morgan fingerprint density at radius 2 is 2.15 bits per heavy atom. The molecule has 0 radical (unpaired) electrons. The van der Waals surface area contributed by atoms with Crippen molar-refractivity contribution >= 4 is 5.69 Å². The molecule has 1 aromatic rings. The molecule has 2 nitrogen and oxygen atoms in total. The molecule has 4 N–H and O–H groups in total. The summed E-state index contributed by atoms with van der Waals surface area (Å²) in [5, 5.41) is 0. The van der Waals surface area contributed by atoms with Gasteiger partial charge in [-0.3, -0.25) is 0 Å². The van der Waals surface area contributed by atoms with E-state index in [1.54, 1.807) is 6.92 Å². The topological polar surface area (TPSA) is 52.0 Å². The first kappa shape index (κ1) is 9.56. The number of anilines is 1. The van der Waals surface area contributed by atoms with E-state index in [4.69, 9.17) is 11.5 Å². The molecule has 0 aromatic heterocycles. The van der Waals surface area contributed by atoms with Crippen LogP contribution in [0.15, 0.2) is 12.1 Å². The molecule has 0 amide bonds. The second-order valence-electron chi connectivity index (χ2n) is 2.67. The molecule has 0 saturated heterocycles. The maximum atomic E-state index is 12.9. The quantitative estimate of drug-likeness (QED) is 0.460. The van der Waals surface area contributed by atoms with Gasteiger partial charge in [-0.15, -0.1) is 0 Å². The van der Waals surface area contributed by atoms with Crippen molar-refractivity contribution in [2.45, 2.75) is 6.92 Å². The number of hydrogen-bond donors (Lipinski definition) is 2. The van der Waals surface area contributed by atoms with Crippen LogP contribution < -0.4 is 11.5 Å². The van der Waals surface area contributed by atoms with Gasteiger partial charge in [-0.2, -0.15) is 0 Å². The largest absolute Gasteiger partial charge is 0.398 e. The van der Waals surface area contributed by atoms with E-state index in [1.807, 2.05) is 0 Å². The first-order valence-electron chi connectivity index (χ1n) is 3.89. The van der Waals surface area contributed by atoms with E-state index in [2.05, 4.69) is 11.8 Å². The monoisotopic (exact) mass is 178 g/mol. The van der Waals surface area contributed by atoms with Crippen LogP contribution in [0, 0.1) is 24.6 Å². The Morgan fingerprint density at radius 3 is 2.77 bits per heavy atom. The summed E-state index contributed by atoms with van der Waals surface area (Å²) in [6, 6.07) is 2.64. The first-order chi connectivity index (χ1) is 6.15. The fraction of sp³-hybridized carbons (Fsp3) is 0.200. The Balaban J connectivity index is 3.20. The highest BCUT2D eigenvalue weighted by Crippen LogP contribution is 2.16. The lowest BCUT2D eigenvalue weighted by molar-refractivity contribution is 0.627. The van der Waals surface area contributed by atoms with Crippen molar-refractivity contribution < 1.29 is 4.39 Å². The van der Waals surface area contributed by atoms with Gasteiger partial charge in [0, 0.05) is 11.3 Å². The van der Waals surface area contributed by atoms with Gasteiger partial charge in [-0.1, -0.05) is 11.8 Å². The summed E-state index contributed by atoms with van der Waals surface area (Å²) in [6.07, 6.45) is 0. The summed E-state index contributed by atoms with van der Waals surface area (Å²) < 4.78 is 12.9. The molecule has 13 heavy (non-hydrogen) atoms.